The number of sulfonamides is 1. The summed E-state index contributed by atoms with van der Waals surface area (Å²) < 4.78 is 30.9. The molecule has 1 aromatic heterocycles. The van der Waals surface area contributed by atoms with E-state index in [0.29, 0.717) is 23.9 Å². The summed E-state index contributed by atoms with van der Waals surface area (Å²) in [5, 5.41) is 7.91. The van der Waals surface area contributed by atoms with Gasteiger partial charge < -0.3 is 0 Å². The number of hydrogen-bond acceptors (Lipinski definition) is 4. The Morgan fingerprint density at radius 3 is 2.07 bits per heavy atom. The first-order valence-corrected chi connectivity index (χ1v) is 11.6. The van der Waals surface area contributed by atoms with Gasteiger partial charge in [0, 0.05) is 19.3 Å². The molecular formula is C21H32N4O2S. The highest BCUT2D eigenvalue weighted by Crippen LogP contribution is 2.38. The lowest BCUT2D eigenvalue weighted by Gasteiger charge is -2.26. The summed E-state index contributed by atoms with van der Waals surface area (Å²) in [5.74, 6) is 0.625. The normalized spacial score (nSPS) is 18.7. The zero-order chi connectivity index (χ0) is 20.6. The summed E-state index contributed by atoms with van der Waals surface area (Å²) in [6.07, 6.45) is 4.19. The van der Waals surface area contributed by atoms with Gasteiger partial charge in [-0.25, -0.2) is 13.1 Å². The van der Waals surface area contributed by atoms with E-state index in [1.807, 2.05) is 0 Å². The lowest BCUT2D eigenvalue weighted by atomic mass is 9.89. The Bertz CT molecular complexity index is 889. The maximum atomic E-state index is 13.8. The summed E-state index contributed by atoms with van der Waals surface area (Å²) in [6.45, 7) is 13.5. The van der Waals surface area contributed by atoms with Crippen molar-refractivity contribution in [3.8, 4) is 0 Å². The van der Waals surface area contributed by atoms with Crippen molar-refractivity contribution < 1.29 is 8.42 Å². The molecule has 0 radical (unpaired) electrons. The second kappa shape index (κ2) is 7.95. The summed E-state index contributed by atoms with van der Waals surface area (Å²) in [6, 6.07) is 4.23. The Balaban J connectivity index is 2.08. The van der Waals surface area contributed by atoms with E-state index in [0.717, 1.165) is 17.5 Å². The molecule has 7 heteroatoms. The molecule has 1 saturated heterocycles. The Morgan fingerprint density at radius 2 is 1.61 bits per heavy atom. The van der Waals surface area contributed by atoms with Crippen molar-refractivity contribution in [2.75, 3.05) is 13.1 Å². The Morgan fingerprint density at radius 1 is 1.00 bits per heavy atom. The summed E-state index contributed by atoms with van der Waals surface area (Å²) >= 11 is 0. The van der Waals surface area contributed by atoms with Crippen LogP contribution in [0.15, 0.2) is 29.4 Å². The highest BCUT2D eigenvalue weighted by atomic mass is 32.2. The van der Waals surface area contributed by atoms with Crippen LogP contribution in [0.3, 0.4) is 0 Å². The summed E-state index contributed by atoms with van der Waals surface area (Å²) in [7, 11) is -3.58. The minimum absolute atomic E-state index is 0.0391. The molecule has 28 heavy (non-hydrogen) atoms. The standard InChI is InChI=1S/C21H32N4O2S/c1-14(2)17-11-19(15(3)4)21(20(12-17)16(5)6)28(26,27)24-9-7-18(13-24)25-10-8-22-23-25/h8,10-12,14-16,18H,7,9,13H2,1-6H3. The first kappa shape index (κ1) is 21.0. The van der Waals surface area contributed by atoms with Gasteiger partial charge in [0.2, 0.25) is 10.0 Å². The number of nitrogens with zero attached hydrogens (tertiary/aromatic N) is 4. The van der Waals surface area contributed by atoms with E-state index in [1.54, 1.807) is 21.4 Å². The van der Waals surface area contributed by atoms with Crippen LogP contribution in [0.4, 0.5) is 0 Å². The quantitative estimate of drug-likeness (QED) is 0.720. The van der Waals surface area contributed by atoms with Crippen LogP contribution in [0.25, 0.3) is 0 Å². The van der Waals surface area contributed by atoms with Gasteiger partial charge in [-0.1, -0.05) is 58.9 Å². The van der Waals surface area contributed by atoms with Gasteiger partial charge in [-0.15, -0.1) is 5.10 Å². The van der Waals surface area contributed by atoms with Crippen molar-refractivity contribution in [2.45, 2.75) is 76.7 Å². The third-order valence-electron chi connectivity index (χ3n) is 5.62. The molecule has 0 amide bonds. The SMILES string of the molecule is CC(C)c1cc(C(C)C)c(S(=O)(=O)N2CCC(n3ccnn3)C2)c(C(C)C)c1. The van der Waals surface area contributed by atoms with Crippen molar-refractivity contribution in [1.29, 1.82) is 0 Å². The van der Waals surface area contributed by atoms with Crippen LogP contribution >= 0.6 is 0 Å². The minimum Gasteiger partial charge on any atom is -0.248 e. The van der Waals surface area contributed by atoms with Crippen LogP contribution in [0.1, 0.15) is 88.4 Å². The second-order valence-corrected chi connectivity index (χ2v) is 10.6. The van der Waals surface area contributed by atoms with E-state index in [2.05, 4.69) is 64.0 Å². The number of aromatic nitrogens is 3. The number of hydrogen-bond donors (Lipinski definition) is 0. The predicted molar refractivity (Wildman–Crippen MR) is 111 cm³/mol. The minimum atomic E-state index is -3.58. The fraction of sp³-hybridized carbons (Fsp3) is 0.619. The average Bonchev–Trinajstić information content (AvgIpc) is 3.31. The van der Waals surface area contributed by atoms with Crippen LogP contribution in [-0.2, 0) is 10.0 Å². The third-order valence-corrected chi connectivity index (χ3v) is 7.62. The van der Waals surface area contributed by atoms with Crippen molar-refractivity contribution >= 4 is 10.0 Å². The largest absolute Gasteiger partial charge is 0.248 e. The van der Waals surface area contributed by atoms with Gasteiger partial charge >= 0.3 is 0 Å². The molecule has 1 aliphatic rings. The van der Waals surface area contributed by atoms with Crippen molar-refractivity contribution in [3.63, 3.8) is 0 Å². The Hall–Kier alpha value is -1.73. The van der Waals surface area contributed by atoms with Crippen molar-refractivity contribution in [1.82, 2.24) is 19.3 Å². The molecular weight excluding hydrogens is 372 g/mol. The van der Waals surface area contributed by atoms with Gasteiger partial charge in [0.25, 0.3) is 0 Å². The molecule has 0 spiro atoms. The van der Waals surface area contributed by atoms with E-state index in [4.69, 9.17) is 0 Å². The Kier molecular flexibility index (Phi) is 5.96. The van der Waals surface area contributed by atoms with E-state index >= 15 is 0 Å². The Labute approximate surface area is 169 Å². The molecule has 6 nitrogen and oxygen atoms in total. The first-order chi connectivity index (χ1) is 13.1. The lowest BCUT2D eigenvalue weighted by molar-refractivity contribution is 0.427. The van der Waals surface area contributed by atoms with Crippen molar-refractivity contribution in [2.24, 2.45) is 0 Å². The predicted octanol–water partition coefficient (Wildman–Crippen LogP) is 4.28. The monoisotopic (exact) mass is 404 g/mol. The molecule has 1 aromatic carbocycles. The van der Waals surface area contributed by atoms with Gasteiger partial charge in [0.05, 0.1) is 17.1 Å². The van der Waals surface area contributed by atoms with Crippen LogP contribution in [0.5, 0.6) is 0 Å². The van der Waals surface area contributed by atoms with E-state index in [1.165, 1.54) is 5.56 Å². The molecule has 0 bridgehead atoms. The fourth-order valence-electron chi connectivity index (χ4n) is 3.87. The summed E-state index contributed by atoms with van der Waals surface area (Å²) in [5.41, 5.74) is 3.06. The van der Waals surface area contributed by atoms with Gasteiger partial charge in [0.15, 0.2) is 0 Å². The maximum Gasteiger partial charge on any atom is 0.243 e. The average molecular weight is 405 g/mol. The van der Waals surface area contributed by atoms with Gasteiger partial charge in [0.1, 0.15) is 0 Å². The van der Waals surface area contributed by atoms with Gasteiger partial charge in [-0.3, -0.25) is 0 Å². The topological polar surface area (TPSA) is 68.1 Å². The first-order valence-electron chi connectivity index (χ1n) is 10.2. The lowest BCUT2D eigenvalue weighted by Crippen LogP contribution is -2.31. The zero-order valence-electron chi connectivity index (χ0n) is 17.8. The molecule has 0 N–H and O–H groups in total. The number of rotatable bonds is 6. The van der Waals surface area contributed by atoms with E-state index < -0.39 is 10.0 Å². The number of benzene rings is 1. The molecule has 1 aliphatic heterocycles. The van der Waals surface area contributed by atoms with Crippen LogP contribution in [0, 0.1) is 0 Å². The van der Waals surface area contributed by atoms with Crippen LogP contribution < -0.4 is 0 Å². The molecule has 2 aromatic rings. The molecule has 0 aliphatic carbocycles. The third kappa shape index (κ3) is 3.87. The van der Waals surface area contributed by atoms with Crippen molar-refractivity contribution in [3.05, 3.63) is 41.2 Å². The van der Waals surface area contributed by atoms with Crippen LogP contribution in [-0.4, -0.2) is 40.8 Å². The zero-order valence-corrected chi connectivity index (χ0v) is 18.6. The maximum absolute atomic E-state index is 13.8. The molecule has 0 saturated carbocycles. The molecule has 2 heterocycles. The molecule has 3 rings (SSSR count). The van der Waals surface area contributed by atoms with Gasteiger partial charge in [-0.05, 0) is 40.9 Å². The fourth-order valence-corrected chi connectivity index (χ4v) is 6.03. The molecule has 1 unspecified atom stereocenters. The molecule has 1 atom stereocenters. The molecule has 154 valence electrons. The van der Waals surface area contributed by atoms with Crippen LogP contribution in [0.2, 0.25) is 0 Å². The smallest absolute Gasteiger partial charge is 0.243 e. The van der Waals surface area contributed by atoms with Gasteiger partial charge in [-0.2, -0.15) is 4.31 Å². The highest BCUT2D eigenvalue weighted by Gasteiger charge is 2.37. The van der Waals surface area contributed by atoms with E-state index in [-0.39, 0.29) is 17.9 Å². The van der Waals surface area contributed by atoms with E-state index in [9.17, 15) is 8.42 Å². The molecule has 1 fully saturated rings. The second-order valence-electron chi connectivity index (χ2n) is 8.68. The summed E-state index contributed by atoms with van der Waals surface area (Å²) in [4.78, 5) is 0.515. The highest BCUT2D eigenvalue weighted by molar-refractivity contribution is 7.89.